The lowest BCUT2D eigenvalue weighted by Crippen LogP contribution is -2.58. The van der Waals surface area contributed by atoms with E-state index in [1.165, 1.54) is 19.2 Å². The second-order valence-corrected chi connectivity index (χ2v) is 9.06. The molecule has 0 spiro atoms. The number of aliphatic hydroxyl groups is 1. The molecule has 0 aliphatic carbocycles. The lowest BCUT2D eigenvalue weighted by atomic mass is 9.99. The van der Waals surface area contributed by atoms with Crippen LogP contribution in [0.25, 0.3) is 0 Å². The number of halogens is 1. The minimum Gasteiger partial charge on any atom is -0.385 e. The largest absolute Gasteiger partial charge is 0.385 e. The van der Waals surface area contributed by atoms with Gasteiger partial charge in [0.15, 0.2) is 12.1 Å². The molecular weight excluding hydrogens is 432 g/mol. The first kappa shape index (κ1) is 20.2. The first-order valence-electron chi connectivity index (χ1n) is 8.00. The summed E-state index contributed by atoms with van der Waals surface area (Å²) in [5.41, 5.74) is 0. The van der Waals surface area contributed by atoms with Crippen LogP contribution in [0.5, 0.6) is 0 Å². The van der Waals surface area contributed by atoms with Gasteiger partial charge in [0.05, 0.1) is 11.5 Å². The minimum absolute atomic E-state index is 0.0281. The maximum atomic E-state index is 12.4. The van der Waals surface area contributed by atoms with Crippen molar-refractivity contribution in [3.8, 4) is 0 Å². The molecule has 8 nitrogen and oxygen atoms in total. The zero-order valence-corrected chi connectivity index (χ0v) is 16.9. The molecule has 0 saturated carbocycles. The molecule has 2 saturated heterocycles. The van der Waals surface area contributed by atoms with E-state index in [2.05, 4.69) is 15.9 Å². The van der Waals surface area contributed by atoms with Gasteiger partial charge < -0.3 is 24.1 Å². The second-order valence-electron chi connectivity index (χ2n) is 6.53. The molecule has 10 heteroatoms. The molecule has 0 bridgehead atoms. The highest BCUT2D eigenvalue weighted by Crippen LogP contribution is 2.38. The highest BCUT2D eigenvalue weighted by molar-refractivity contribution is 9.10. The normalized spacial score (nSPS) is 33.8. The number of benzene rings is 1. The van der Waals surface area contributed by atoms with Crippen LogP contribution in [0.4, 0.5) is 0 Å². The first-order chi connectivity index (χ1) is 12.1. The Morgan fingerprint density at radius 3 is 2.42 bits per heavy atom. The molecule has 0 aromatic heterocycles. The molecule has 5 unspecified atom stereocenters. The molecule has 3 rings (SSSR count). The topological polar surface area (TPSA) is 101 Å². The fraction of sp³-hybridized carbons (Fsp3) is 0.625. The van der Waals surface area contributed by atoms with Crippen molar-refractivity contribution in [3.63, 3.8) is 0 Å². The van der Waals surface area contributed by atoms with Crippen molar-refractivity contribution in [2.45, 2.75) is 55.2 Å². The summed E-state index contributed by atoms with van der Waals surface area (Å²) in [4.78, 5) is 0.0281. The second kappa shape index (κ2) is 7.44. The summed E-state index contributed by atoms with van der Waals surface area (Å²) < 4.78 is 52.9. The number of hydrogen-bond donors (Lipinski definition) is 1. The Labute approximate surface area is 160 Å². The highest BCUT2D eigenvalue weighted by Gasteiger charge is 2.55. The first-order valence-corrected chi connectivity index (χ1v) is 10.2. The van der Waals surface area contributed by atoms with E-state index in [0.717, 1.165) is 4.47 Å². The van der Waals surface area contributed by atoms with E-state index >= 15 is 0 Å². The molecule has 0 amide bonds. The van der Waals surface area contributed by atoms with Crippen molar-refractivity contribution < 1.29 is 36.7 Å². The van der Waals surface area contributed by atoms with Crippen molar-refractivity contribution in [3.05, 3.63) is 28.7 Å². The van der Waals surface area contributed by atoms with Gasteiger partial charge in [-0.3, -0.25) is 4.18 Å². The van der Waals surface area contributed by atoms with Crippen molar-refractivity contribution >= 4 is 26.0 Å². The van der Waals surface area contributed by atoms with E-state index in [0.29, 0.717) is 0 Å². The summed E-state index contributed by atoms with van der Waals surface area (Å²) in [6, 6.07) is 6.09. The van der Waals surface area contributed by atoms with Crippen molar-refractivity contribution in [2.75, 3.05) is 13.7 Å². The molecule has 1 N–H and O–H groups in total. The highest BCUT2D eigenvalue weighted by atomic mass is 79.9. The van der Waals surface area contributed by atoms with Gasteiger partial charge in [-0.05, 0) is 38.1 Å². The van der Waals surface area contributed by atoms with E-state index in [-0.39, 0.29) is 11.5 Å². The van der Waals surface area contributed by atoms with E-state index < -0.39 is 46.6 Å². The third-order valence-electron chi connectivity index (χ3n) is 4.18. The summed E-state index contributed by atoms with van der Waals surface area (Å²) in [5, 5.41) is 10.3. The summed E-state index contributed by atoms with van der Waals surface area (Å²) in [6.07, 6.45) is -4.23. The number of methoxy groups -OCH3 is 1. The van der Waals surface area contributed by atoms with Crippen LogP contribution in [-0.4, -0.2) is 63.7 Å². The van der Waals surface area contributed by atoms with Crippen molar-refractivity contribution in [2.24, 2.45) is 0 Å². The van der Waals surface area contributed by atoms with Gasteiger partial charge in [0.25, 0.3) is 10.1 Å². The maximum absolute atomic E-state index is 12.4. The van der Waals surface area contributed by atoms with E-state index in [4.69, 9.17) is 23.1 Å². The van der Waals surface area contributed by atoms with Gasteiger partial charge >= 0.3 is 0 Å². The molecule has 1 aromatic rings. The van der Waals surface area contributed by atoms with Gasteiger partial charge in [-0.2, -0.15) is 8.42 Å². The number of aliphatic hydroxyl groups excluding tert-OH is 1. The molecule has 5 atom stereocenters. The Kier molecular flexibility index (Phi) is 5.76. The number of fused-ring (bicyclic) bond motifs is 1. The quantitative estimate of drug-likeness (QED) is 0.669. The molecule has 26 heavy (non-hydrogen) atoms. The zero-order valence-electron chi connectivity index (χ0n) is 14.5. The Balaban J connectivity index is 1.74. The van der Waals surface area contributed by atoms with Gasteiger partial charge in [-0.25, -0.2) is 0 Å². The van der Waals surface area contributed by atoms with Crippen LogP contribution in [0.1, 0.15) is 13.8 Å². The Bertz CT molecular complexity index is 735. The lowest BCUT2D eigenvalue weighted by molar-refractivity contribution is -0.272. The SMILES string of the molecule is COC1OC(COS(=O)(=O)c2ccc(Br)cc2)C2OC(C)(C)OC2C1O. The van der Waals surface area contributed by atoms with Crippen LogP contribution in [0.15, 0.2) is 33.6 Å². The van der Waals surface area contributed by atoms with Crippen LogP contribution >= 0.6 is 15.9 Å². The number of hydrogen-bond acceptors (Lipinski definition) is 8. The van der Waals surface area contributed by atoms with E-state index in [1.807, 2.05) is 0 Å². The number of rotatable bonds is 5. The minimum atomic E-state index is -3.97. The fourth-order valence-corrected chi connectivity index (χ4v) is 4.19. The number of ether oxygens (including phenoxy) is 4. The average Bonchev–Trinajstić information content (AvgIpc) is 2.91. The smallest absolute Gasteiger partial charge is 0.297 e. The van der Waals surface area contributed by atoms with E-state index in [9.17, 15) is 13.5 Å². The standard InChI is InChI=1S/C16H21BrO8S/c1-16(2)24-13-11(23-15(21-3)12(18)14(13)25-16)8-22-26(19,20)10-6-4-9(17)5-7-10/h4-7,11-15,18H,8H2,1-3H3. The average molecular weight is 453 g/mol. The van der Waals surface area contributed by atoms with Gasteiger partial charge in [-0.15, -0.1) is 0 Å². The molecule has 2 fully saturated rings. The molecule has 2 aliphatic rings. The summed E-state index contributed by atoms with van der Waals surface area (Å²) >= 11 is 3.25. The van der Waals surface area contributed by atoms with E-state index in [1.54, 1.807) is 26.0 Å². The molecule has 0 radical (unpaired) electrons. The van der Waals surface area contributed by atoms with Crippen LogP contribution < -0.4 is 0 Å². The molecule has 2 aliphatic heterocycles. The Hall–Kier alpha value is -0.590. The fourth-order valence-electron chi connectivity index (χ4n) is 3.01. The van der Waals surface area contributed by atoms with Crippen molar-refractivity contribution in [1.29, 1.82) is 0 Å². The van der Waals surface area contributed by atoms with Gasteiger partial charge in [0, 0.05) is 11.6 Å². The zero-order chi connectivity index (χ0) is 19.1. The van der Waals surface area contributed by atoms with Crippen molar-refractivity contribution in [1.82, 2.24) is 0 Å². The van der Waals surface area contributed by atoms with Crippen LogP contribution in [0.2, 0.25) is 0 Å². The van der Waals surface area contributed by atoms with Crippen LogP contribution in [0, 0.1) is 0 Å². The monoisotopic (exact) mass is 452 g/mol. The van der Waals surface area contributed by atoms with Gasteiger partial charge in [0.2, 0.25) is 0 Å². The Morgan fingerprint density at radius 1 is 1.19 bits per heavy atom. The molecular formula is C16H21BrO8S. The maximum Gasteiger partial charge on any atom is 0.297 e. The van der Waals surface area contributed by atoms with Crippen LogP contribution in [0.3, 0.4) is 0 Å². The summed E-state index contributed by atoms with van der Waals surface area (Å²) in [5.74, 6) is -0.939. The van der Waals surface area contributed by atoms with Gasteiger partial charge in [0.1, 0.15) is 24.4 Å². The predicted molar refractivity (Wildman–Crippen MR) is 92.8 cm³/mol. The third-order valence-corrected chi connectivity index (χ3v) is 6.00. The summed E-state index contributed by atoms with van der Waals surface area (Å²) in [7, 11) is -2.59. The molecule has 2 heterocycles. The van der Waals surface area contributed by atoms with Crippen LogP contribution in [-0.2, 0) is 33.2 Å². The third kappa shape index (κ3) is 4.12. The summed E-state index contributed by atoms with van der Waals surface area (Å²) in [6.45, 7) is 3.11. The molecule has 146 valence electrons. The van der Waals surface area contributed by atoms with Gasteiger partial charge in [-0.1, -0.05) is 15.9 Å². The Morgan fingerprint density at radius 2 is 1.81 bits per heavy atom. The predicted octanol–water partition coefficient (Wildman–Crippen LogP) is 1.41. The molecule has 1 aromatic carbocycles. The lowest BCUT2D eigenvalue weighted by Gasteiger charge is -2.38.